The third-order valence-electron chi connectivity index (χ3n) is 14.4. The molecule has 4 aromatic carbocycles. The molecular weight excluding hydrogens is 943 g/mol. The second kappa shape index (κ2) is 20.2. The number of carboxylic acids is 1. The van der Waals surface area contributed by atoms with E-state index in [0.717, 1.165) is 81.3 Å². The van der Waals surface area contributed by atoms with Crippen LogP contribution < -0.4 is 25.6 Å². The molecule has 2 saturated heterocycles. The molecule has 0 saturated carbocycles. The van der Waals surface area contributed by atoms with Crippen molar-refractivity contribution in [1.82, 2.24) is 30.0 Å². The number of carbonyl (C=O) groups excluding carboxylic acids is 4. The molecule has 7 aromatic rings. The Hall–Kier alpha value is -7.50. The lowest BCUT2D eigenvalue weighted by Crippen LogP contribution is -2.39. The first kappa shape index (κ1) is 49.1. The summed E-state index contributed by atoms with van der Waals surface area (Å²) in [6.07, 6.45) is 4.07. The number of nitrogens with zero attached hydrogens (tertiary/aromatic N) is 6. The van der Waals surface area contributed by atoms with Crippen molar-refractivity contribution < 1.29 is 33.8 Å². The van der Waals surface area contributed by atoms with Crippen molar-refractivity contribution in [3.63, 3.8) is 0 Å². The summed E-state index contributed by atoms with van der Waals surface area (Å²) < 4.78 is 9.12. The number of amides is 4. The SMILES string of the molecule is Cc1c(OCCC[C@@H]2CCN(CC(=O)Nc3ccc4c(C5CCC(=O)NC5=O)nn(C)c4c3)C2)cccc1-c1c(C(C)(C)C)cc(N2CCc3cccc(C(=O)Nc4nc5ccccc5s4)c3C2)nc1C(=O)O. The Labute approximate surface area is 427 Å². The predicted octanol–water partition coefficient (Wildman–Crippen LogP) is 9.00. The normalized spacial score (nSPS) is 17.2. The first-order valence-electron chi connectivity index (χ1n) is 24.9. The zero-order valence-corrected chi connectivity index (χ0v) is 42.5. The van der Waals surface area contributed by atoms with E-state index in [1.807, 2.05) is 91.9 Å². The van der Waals surface area contributed by atoms with Crippen molar-refractivity contribution in [2.24, 2.45) is 13.0 Å². The third kappa shape index (κ3) is 10.3. The molecule has 73 heavy (non-hydrogen) atoms. The highest BCUT2D eigenvalue weighted by Crippen LogP contribution is 2.42. The van der Waals surface area contributed by atoms with Crippen LogP contribution in [-0.4, -0.2) is 92.1 Å². The van der Waals surface area contributed by atoms with Gasteiger partial charge in [-0.3, -0.25) is 39.4 Å². The van der Waals surface area contributed by atoms with Gasteiger partial charge in [-0.2, -0.15) is 5.10 Å². The van der Waals surface area contributed by atoms with Crippen molar-refractivity contribution in [2.75, 3.05) is 48.3 Å². The quantitative estimate of drug-likeness (QED) is 0.0596. The van der Waals surface area contributed by atoms with Gasteiger partial charge in [-0.1, -0.05) is 68.5 Å². The number of hydrogen-bond donors (Lipinski definition) is 4. The van der Waals surface area contributed by atoms with Gasteiger partial charge in [0.2, 0.25) is 17.7 Å². The first-order valence-corrected chi connectivity index (χ1v) is 25.8. The highest BCUT2D eigenvalue weighted by Gasteiger charge is 2.33. The molecular formula is C56H59N9O7S. The molecule has 376 valence electrons. The average molecular weight is 1000 g/mol. The van der Waals surface area contributed by atoms with Gasteiger partial charge in [0.1, 0.15) is 11.6 Å². The predicted molar refractivity (Wildman–Crippen MR) is 283 cm³/mol. The molecule has 2 atom stereocenters. The number of aromatic nitrogens is 4. The van der Waals surface area contributed by atoms with Crippen LogP contribution in [0.4, 0.5) is 16.6 Å². The molecule has 6 heterocycles. The maximum atomic E-state index is 13.8. The van der Waals surface area contributed by atoms with Crippen LogP contribution >= 0.6 is 11.3 Å². The lowest BCUT2D eigenvalue weighted by Gasteiger charge is -2.33. The molecule has 3 aliphatic heterocycles. The van der Waals surface area contributed by atoms with Crippen molar-refractivity contribution in [2.45, 2.75) is 84.1 Å². The number of carbonyl (C=O) groups is 5. The van der Waals surface area contributed by atoms with Gasteiger partial charge in [-0.15, -0.1) is 0 Å². The van der Waals surface area contributed by atoms with E-state index in [1.54, 1.807) is 11.7 Å². The number of aromatic carboxylic acids is 1. The molecule has 4 amide bonds. The Balaban J connectivity index is 0.770. The van der Waals surface area contributed by atoms with Crippen LogP contribution in [0.15, 0.2) is 84.9 Å². The number of imide groups is 1. The van der Waals surface area contributed by atoms with Crippen LogP contribution in [0.25, 0.3) is 32.2 Å². The number of piperidine rings is 1. The molecule has 0 spiro atoms. The summed E-state index contributed by atoms with van der Waals surface area (Å²) in [5, 5.41) is 25.3. The fraction of sp³-hybridized carbons (Fsp3) is 0.357. The minimum Gasteiger partial charge on any atom is -0.493 e. The summed E-state index contributed by atoms with van der Waals surface area (Å²) in [5.41, 5.74) is 7.87. The molecule has 2 fully saturated rings. The fourth-order valence-electron chi connectivity index (χ4n) is 10.7. The summed E-state index contributed by atoms with van der Waals surface area (Å²) in [6, 6.07) is 26.9. The molecule has 16 nitrogen and oxygen atoms in total. The molecule has 4 N–H and O–H groups in total. The number of para-hydroxylation sites is 1. The van der Waals surface area contributed by atoms with Gasteiger partial charge in [0.05, 0.1) is 40.5 Å². The van der Waals surface area contributed by atoms with Gasteiger partial charge in [-0.25, -0.2) is 14.8 Å². The summed E-state index contributed by atoms with van der Waals surface area (Å²) in [5.74, 6) is -0.939. The van der Waals surface area contributed by atoms with Gasteiger partial charge in [0, 0.05) is 55.3 Å². The van der Waals surface area contributed by atoms with Crippen LogP contribution in [0.2, 0.25) is 0 Å². The number of anilines is 3. The van der Waals surface area contributed by atoms with Crippen LogP contribution in [0.3, 0.4) is 0 Å². The smallest absolute Gasteiger partial charge is 0.355 e. The number of carboxylic acid groups (broad SMARTS) is 1. The third-order valence-corrected chi connectivity index (χ3v) is 15.4. The van der Waals surface area contributed by atoms with E-state index in [4.69, 9.17) is 9.72 Å². The monoisotopic (exact) mass is 1000 g/mol. The van der Waals surface area contributed by atoms with Crippen molar-refractivity contribution >= 4 is 78.7 Å². The van der Waals surface area contributed by atoms with E-state index in [9.17, 15) is 29.1 Å². The molecule has 3 aromatic heterocycles. The number of pyridine rings is 1. The largest absolute Gasteiger partial charge is 0.493 e. The molecule has 10 rings (SSSR count). The maximum absolute atomic E-state index is 13.8. The van der Waals surface area contributed by atoms with Crippen LogP contribution in [-0.2, 0) is 39.8 Å². The second-order valence-electron chi connectivity index (χ2n) is 20.5. The Kier molecular flexibility index (Phi) is 13.6. The number of fused-ring (bicyclic) bond motifs is 3. The Morgan fingerprint density at radius 1 is 0.932 bits per heavy atom. The van der Waals surface area contributed by atoms with Crippen molar-refractivity contribution in [3.8, 4) is 16.9 Å². The summed E-state index contributed by atoms with van der Waals surface area (Å²) in [7, 11) is 1.80. The van der Waals surface area contributed by atoms with E-state index in [1.165, 1.54) is 11.3 Å². The highest BCUT2D eigenvalue weighted by atomic mass is 32.1. The molecule has 3 aliphatic rings. The Morgan fingerprint density at radius 2 is 1.75 bits per heavy atom. The van der Waals surface area contributed by atoms with E-state index < -0.39 is 17.3 Å². The number of likely N-dealkylation sites (tertiary alicyclic amines) is 1. The highest BCUT2D eigenvalue weighted by molar-refractivity contribution is 7.22. The van der Waals surface area contributed by atoms with E-state index in [2.05, 4.69) is 56.6 Å². The minimum atomic E-state index is -1.13. The number of aryl methyl sites for hydroxylation is 1. The van der Waals surface area contributed by atoms with E-state index in [0.29, 0.717) is 77.7 Å². The standard InChI is InChI=1S/C56H59N9O7S/c1-32-36(13-9-16-44(32)72-26-10-11-33-22-24-64(29-33)31-48(67)57-35-18-19-38-43(27-35)63(5)62-50(38)39-20-21-47(66)60-53(39)69)49-41(56(2,3)4)28-46(59-51(49)54(70)71)65-25-23-34-12-8-14-37(40(34)30-65)52(68)61-55-58-42-15-6-7-17-45(42)73-55/h6-9,12-19,27-28,33,39H,10-11,20-26,29-31H2,1-5H3,(H,57,67)(H,70,71)(H,58,61,68)(H,60,66,69)/t33-,39?/m1/s1. The summed E-state index contributed by atoms with van der Waals surface area (Å²) >= 11 is 1.43. The zero-order chi connectivity index (χ0) is 51.1. The zero-order valence-electron chi connectivity index (χ0n) is 41.7. The number of thiazole rings is 1. The van der Waals surface area contributed by atoms with Gasteiger partial charge < -0.3 is 20.1 Å². The minimum absolute atomic E-state index is 0.0371. The van der Waals surface area contributed by atoms with E-state index >= 15 is 0 Å². The lowest BCUT2D eigenvalue weighted by atomic mass is 9.80. The fourth-order valence-corrected chi connectivity index (χ4v) is 11.5. The van der Waals surface area contributed by atoms with Crippen molar-refractivity contribution in [3.05, 3.63) is 124 Å². The van der Waals surface area contributed by atoms with Crippen molar-refractivity contribution in [1.29, 1.82) is 0 Å². The Bertz CT molecular complexity index is 3310. The van der Waals surface area contributed by atoms with Crippen LogP contribution in [0.5, 0.6) is 5.75 Å². The van der Waals surface area contributed by atoms with Crippen LogP contribution in [0.1, 0.15) is 108 Å². The summed E-state index contributed by atoms with van der Waals surface area (Å²) in [6.45, 7) is 11.6. The van der Waals surface area contributed by atoms with Gasteiger partial charge in [0.15, 0.2) is 10.8 Å². The topological polar surface area (TPSA) is 201 Å². The molecule has 1 unspecified atom stereocenters. The number of hydrogen-bond acceptors (Lipinski definition) is 12. The van der Waals surface area contributed by atoms with Gasteiger partial charge >= 0.3 is 5.97 Å². The number of benzene rings is 4. The number of rotatable bonds is 14. The first-order chi connectivity index (χ1) is 35.1. The lowest BCUT2D eigenvalue weighted by molar-refractivity contribution is -0.134. The number of ether oxygens (including phenoxy) is 1. The average Bonchev–Trinajstić information content (AvgIpc) is 4.08. The maximum Gasteiger partial charge on any atom is 0.355 e. The number of nitrogens with one attached hydrogen (secondary N) is 3. The van der Waals surface area contributed by atoms with Gasteiger partial charge in [0.25, 0.3) is 5.91 Å². The molecule has 0 radical (unpaired) electrons. The molecule has 17 heteroatoms. The molecule has 0 aliphatic carbocycles. The summed E-state index contributed by atoms with van der Waals surface area (Å²) in [4.78, 5) is 78.3. The van der Waals surface area contributed by atoms with E-state index in [-0.39, 0.29) is 42.3 Å². The Morgan fingerprint density at radius 3 is 2.55 bits per heavy atom. The molecule has 0 bridgehead atoms. The second-order valence-corrected chi connectivity index (χ2v) is 21.5. The van der Waals surface area contributed by atoms with Gasteiger partial charge in [-0.05, 0) is 133 Å². The van der Waals surface area contributed by atoms with Crippen LogP contribution in [0, 0.1) is 12.8 Å².